The fourth-order valence-electron chi connectivity index (χ4n) is 2.20. The molecule has 1 aromatic heterocycles. The Hall–Kier alpha value is -2.93. The molecule has 25 heavy (non-hydrogen) atoms. The van der Waals surface area contributed by atoms with Crippen LogP contribution in [0, 0.1) is 10.1 Å². The fraction of sp³-hybridized carbons (Fsp3) is 0.111. The van der Waals surface area contributed by atoms with Crippen molar-refractivity contribution in [1.82, 2.24) is 10.2 Å². The number of thioether (sulfide) groups is 1. The maximum Gasteiger partial charge on any atom is 0.269 e. The van der Waals surface area contributed by atoms with Crippen molar-refractivity contribution in [3.05, 3.63) is 76.3 Å². The minimum Gasteiger partial charge on any atom is -0.497 e. The summed E-state index contributed by atoms with van der Waals surface area (Å²) in [6.45, 7) is 0. The molecule has 126 valence electrons. The highest BCUT2D eigenvalue weighted by Crippen LogP contribution is 2.25. The van der Waals surface area contributed by atoms with Gasteiger partial charge in [-0.05, 0) is 29.8 Å². The maximum atomic E-state index is 10.7. The van der Waals surface area contributed by atoms with E-state index in [0.29, 0.717) is 5.75 Å². The van der Waals surface area contributed by atoms with Crippen molar-refractivity contribution in [2.45, 2.75) is 10.8 Å². The lowest BCUT2D eigenvalue weighted by Crippen LogP contribution is -1.91. The largest absolute Gasteiger partial charge is 0.497 e. The molecule has 0 amide bonds. The van der Waals surface area contributed by atoms with E-state index in [9.17, 15) is 10.1 Å². The normalized spacial score (nSPS) is 10.4. The van der Waals surface area contributed by atoms with Crippen LogP contribution in [0.3, 0.4) is 0 Å². The molecule has 0 fully saturated rings. The van der Waals surface area contributed by atoms with Crippen molar-refractivity contribution in [2.75, 3.05) is 7.11 Å². The van der Waals surface area contributed by atoms with E-state index >= 15 is 0 Å². The molecule has 0 saturated heterocycles. The van der Waals surface area contributed by atoms with Crippen molar-refractivity contribution < 1.29 is 9.66 Å². The Morgan fingerprint density at radius 1 is 1.08 bits per heavy atom. The molecule has 0 N–H and O–H groups in total. The summed E-state index contributed by atoms with van der Waals surface area (Å²) >= 11 is 1.53. The number of hydrogen-bond donors (Lipinski definition) is 0. The highest BCUT2D eigenvalue weighted by Gasteiger charge is 2.06. The van der Waals surface area contributed by atoms with Gasteiger partial charge in [0.25, 0.3) is 5.69 Å². The summed E-state index contributed by atoms with van der Waals surface area (Å²) in [7, 11) is 1.63. The van der Waals surface area contributed by atoms with E-state index in [2.05, 4.69) is 10.2 Å². The fourth-order valence-corrected chi connectivity index (χ4v) is 2.97. The van der Waals surface area contributed by atoms with Crippen molar-refractivity contribution in [3.8, 4) is 17.0 Å². The lowest BCUT2D eigenvalue weighted by molar-refractivity contribution is -0.384. The van der Waals surface area contributed by atoms with Gasteiger partial charge in [-0.25, -0.2) is 0 Å². The van der Waals surface area contributed by atoms with Crippen LogP contribution in [0.1, 0.15) is 5.56 Å². The van der Waals surface area contributed by atoms with Gasteiger partial charge < -0.3 is 4.74 Å². The van der Waals surface area contributed by atoms with Crippen LogP contribution in [0.15, 0.2) is 65.7 Å². The molecule has 0 aliphatic rings. The van der Waals surface area contributed by atoms with Gasteiger partial charge in [-0.1, -0.05) is 36.0 Å². The zero-order chi connectivity index (χ0) is 17.6. The standard InChI is InChI=1S/C18H15N3O3S/c1-24-16-4-2-3-14(11-16)17-9-10-18(20-19-17)25-12-13-5-7-15(8-6-13)21(22)23/h2-11H,12H2,1H3. The van der Waals surface area contributed by atoms with E-state index in [4.69, 9.17) is 4.74 Å². The van der Waals surface area contributed by atoms with Crippen molar-refractivity contribution in [3.63, 3.8) is 0 Å². The van der Waals surface area contributed by atoms with Crippen LogP contribution < -0.4 is 4.74 Å². The molecular formula is C18H15N3O3S. The Balaban J connectivity index is 1.65. The maximum absolute atomic E-state index is 10.7. The van der Waals surface area contributed by atoms with Gasteiger partial charge in [-0.2, -0.15) is 0 Å². The number of rotatable bonds is 6. The van der Waals surface area contributed by atoms with Crippen LogP contribution in [-0.4, -0.2) is 22.2 Å². The first-order valence-electron chi connectivity index (χ1n) is 7.50. The van der Waals surface area contributed by atoms with E-state index in [0.717, 1.165) is 27.6 Å². The second kappa shape index (κ2) is 7.76. The Labute approximate surface area is 149 Å². The number of non-ortho nitro benzene ring substituents is 1. The number of nitro groups is 1. The number of hydrogen-bond acceptors (Lipinski definition) is 6. The van der Waals surface area contributed by atoms with Crippen molar-refractivity contribution >= 4 is 17.4 Å². The van der Waals surface area contributed by atoms with Crippen molar-refractivity contribution in [1.29, 1.82) is 0 Å². The van der Waals surface area contributed by atoms with Gasteiger partial charge in [0.1, 0.15) is 10.8 Å². The minimum absolute atomic E-state index is 0.0937. The van der Waals surface area contributed by atoms with Gasteiger partial charge in [0.2, 0.25) is 0 Å². The first-order chi connectivity index (χ1) is 12.2. The predicted molar refractivity (Wildman–Crippen MR) is 96.7 cm³/mol. The van der Waals surface area contributed by atoms with E-state index in [1.54, 1.807) is 19.2 Å². The van der Waals surface area contributed by atoms with E-state index < -0.39 is 4.92 Å². The van der Waals surface area contributed by atoms with E-state index in [-0.39, 0.29) is 5.69 Å². The van der Waals surface area contributed by atoms with Crippen molar-refractivity contribution in [2.24, 2.45) is 0 Å². The quantitative estimate of drug-likeness (QED) is 0.372. The summed E-state index contributed by atoms with van der Waals surface area (Å²) in [5.41, 5.74) is 2.81. The number of methoxy groups -OCH3 is 1. The topological polar surface area (TPSA) is 78.2 Å². The lowest BCUT2D eigenvalue weighted by Gasteiger charge is -2.05. The first kappa shape index (κ1) is 16.9. The first-order valence-corrected chi connectivity index (χ1v) is 8.48. The average molecular weight is 353 g/mol. The summed E-state index contributed by atoms with van der Waals surface area (Å²) < 4.78 is 5.22. The van der Waals surface area contributed by atoms with Crippen LogP contribution in [0.5, 0.6) is 5.75 Å². The molecule has 3 aromatic rings. The Kier molecular flexibility index (Phi) is 5.25. The molecule has 0 saturated carbocycles. The molecule has 3 rings (SSSR count). The van der Waals surface area contributed by atoms with Gasteiger partial charge in [-0.3, -0.25) is 10.1 Å². The SMILES string of the molecule is COc1cccc(-c2ccc(SCc3ccc([N+](=O)[O-])cc3)nn2)c1. The third kappa shape index (κ3) is 4.33. The summed E-state index contributed by atoms with van der Waals surface area (Å²) in [5.74, 6) is 1.45. The molecule has 2 aromatic carbocycles. The van der Waals surface area contributed by atoms with Crippen LogP contribution in [0.25, 0.3) is 11.3 Å². The zero-order valence-electron chi connectivity index (χ0n) is 13.5. The molecule has 0 aliphatic heterocycles. The average Bonchev–Trinajstić information content (AvgIpc) is 2.67. The number of benzene rings is 2. The second-order valence-corrected chi connectivity index (χ2v) is 6.20. The Bertz CT molecular complexity index is 867. The molecule has 6 nitrogen and oxygen atoms in total. The number of nitro benzene ring substituents is 1. The molecule has 0 atom stereocenters. The molecule has 1 heterocycles. The Morgan fingerprint density at radius 3 is 2.52 bits per heavy atom. The predicted octanol–water partition coefficient (Wildman–Crippen LogP) is 4.35. The van der Waals surface area contributed by atoms with Gasteiger partial charge >= 0.3 is 0 Å². The van der Waals surface area contributed by atoms with Crippen LogP contribution in [0.4, 0.5) is 5.69 Å². The molecule has 0 bridgehead atoms. The van der Waals surface area contributed by atoms with Crippen LogP contribution >= 0.6 is 11.8 Å². The minimum atomic E-state index is -0.403. The third-order valence-electron chi connectivity index (χ3n) is 3.54. The van der Waals surface area contributed by atoms with Crippen LogP contribution in [-0.2, 0) is 5.75 Å². The Morgan fingerprint density at radius 2 is 1.88 bits per heavy atom. The van der Waals surface area contributed by atoms with Gasteiger partial charge in [0, 0.05) is 23.4 Å². The zero-order valence-corrected chi connectivity index (χ0v) is 14.3. The molecule has 0 unspecified atom stereocenters. The monoisotopic (exact) mass is 353 g/mol. The van der Waals surface area contributed by atoms with E-state index in [1.165, 1.54) is 23.9 Å². The summed E-state index contributed by atoms with van der Waals surface area (Å²) in [4.78, 5) is 10.3. The molecule has 0 spiro atoms. The van der Waals surface area contributed by atoms with Gasteiger partial charge in [0.15, 0.2) is 0 Å². The van der Waals surface area contributed by atoms with Gasteiger partial charge in [-0.15, -0.1) is 10.2 Å². The number of nitrogens with zero attached hydrogens (tertiary/aromatic N) is 3. The third-order valence-corrected chi connectivity index (χ3v) is 4.53. The highest BCUT2D eigenvalue weighted by atomic mass is 32.2. The van der Waals surface area contributed by atoms with Gasteiger partial charge in [0.05, 0.1) is 17.7 Å². The number of aromatic nitrogens is 2. The van der Waals surface area contributed by atoms with Crippen LogP contribution in [0.2, 0.25) is 0 Å². The second-order valence-electron chi connectivity index (χ2n) is 5.20. The number of ether oxygens (including phenoxy) is 1. The molecule has 7 heteroatoms. The summed E-state index contributed by atoms with van der Waals surface area (Å²) in [6, 6.07) is 18.0. The summed E-state index contributed by atoms with van der Waals surface area (Å²) in [6.07, 6.45) is 0. The smallest absolute Gasteiger partial charge is 0.269 e. The van der Waals surface area contributed by atoms with E-state index in [1.807, 2.05) is 36.4 Å². The molecule has 0 radical (unpaired) electrons. The highest BCUT2D eigenvalue weighted by molar-refractivity contribution is 7.98. The molecular weight excluding hydrogens is 338 g/mol. The summed E-state index contributed by atoms with van der Waals surface area (Å²) in [5, 5.41) is 19.9. The lowest BCUT2D eigenvalue weighted by atomic mass is 10.1. The molecule has 0 aliphatic carbocycles.